The van der Waals surface area contributed by atoms with Gasteiger partial charge in [-0.15, -0.1) is 0 Å². The first-order chi connectivity index (χ1) is 10.9. The van der Waals surface area contributed by atoms with Crippen LogP contribution >= 0.6 is 0 Å². The second-order valence-electron chi connectivity index (χ2n) is 6.42. The van der Waals surface area contributed by atoms with Crippen LogP contribution in [0.25, 0.3) is 0 Å². The second kappa shape index (κ2) is 7.73. The van der Waals surface area contributed by atoms with E-state index >= 15 is 0 Å². The zero-order valence-electron chi connectivity index (χ0n) is 13.6. The topological polar surface area (TPSA) is 41.6 Å². The summed E-state index contributed by atoms with van der Waals surface area (Å²) in [6.07, 6.45) is 3.59. The number of hydrogen-bond acceptors (Lipinski definition) is 3. The minimum Gasteiger partial charge on any atom is -0.434 e. The second-order valence-corrected chi connectivity index (χ2v) is 6.42. The van der Waals surface area contributed by atoms with E-state index in [0.29, 0.717) is 6.54 Å². The highest BCUT2D eigenvalue weighted by molar-refractivity contribution is 5.96. The number of carbonyl (C=O) groups excluding carboxylic acids is 1. The maximum absolute atomic E-state index is 12.4. The Morgan fingerprint density at radius 3 is 2.57 bits per heavy atom. The van der Waals surface area contributed by atoms with Gasteiger partial charge in [0.2, 0.25) is 0 Å². The van der Waals surface area contributed by atoms with E-state index in [1.807, 2.05) is 0 Å². The Labute approximate surface area is 135 Å². The van der Waals surface area contributed by atoms with Gasteiger partial charge in [0.15, 0.2) is 0 Å². The van der Waals surface area contributed by atoms with Gasteiger partial charge in [0.1, 0.15) is 5.75 Å². The Hall–Kier alpha value is -1.69. The summed E-state index contributed by atoms with van der Waals surface area (Å²) in [5.41, 5.74) is -0.0450. The SMILES string of the molecule is CC(C)(CNC(=O)c1ccccc1OC(F)F)N1CCCCC1. The molecule has 0 atom stereocenters. The number of rotatable bonds is 6. The van der Waals surface area contributed by atoms with E-state index in [-0.39, 0.29) is 16.9 Å². The van der Waals surface area contributed by atoms with Crippen LogP contribution in [0.4, 0.5) is 8.78 Å². The third-order valence-electron chi connectivity index (χ3n) is 4.24. The lowest BCUT2D eigenvalue weighted by atomic mass is 9.98. The number of hydrogen-bond donors (Lipinski definition) is 1. The minimum absolute atomic E-state index is 0.101. The Morgan fingerprint density at radius 1 is 1.26 bits per heavy atom. The molecule has 0 bridgehead atoms. The fourth-order valence-corrected chi connectivity index (χ4v) is 2.86. The van der Waals surface area contributed by atoms with Crippen molar-refractivity contribution in [1.29, 1.82) is 0 Å². The molecule has 0 radical (unpaired) electrons. The lowest BCUT2D eigenvalue weighted by molar-refractivity contribution is -0.0501. The molecule has 1 aromatic carbocycles. The summed E-state index contributed by atoms with van der Waals surface area (Å²) in [6, 6.07) is 6.05. The molecule has 128 valence electrons. The Balaban J connectivity index is 1.99. The van der Waals surface area contributed by atoms with Crippen LogP contribution in [0.3, 0.4) is 0 Å². The quantitative estimate of drug-likeness (QED) is 0.872. The highest BCUT2D eigenvalue weighted by atomic mass is 19.3. The van der Waals surface area contributed by atoms with E-state index in [9.17, 15) is 13.6 Å². The summed E-state index contributed by atoms with van der Waals surface area (Å²) in [4.78, 5) is 14.7. The van der Waals surface area contributed by atoms with Crippen molar-refractivity contribution in [3.8, 4) is 5.75 Å². The summed E-state index contributed by atoms with van der Waals surface area (Å²) in [5, 5.41) is 2.84. The van der Waals surface area contributed by atoms with Crippen LogP contribution in [-0.4, -0.2) is 42.6 Å². The van der Waals surface area contributed by atoms with E-state index in [1.54, 1.807) is 12.1 Å². The zero-order valence-corrected chi connectivity index (χ0v) is 13.6. The number of nitrogens with zero attached hydrogens (tertiary/aromatic N) is 1. The van der Waals surface area contributed by atoms with Gasteiger partial charge < -0.3 is 10.1 Å². The van der Waals surface area contributed by atoms with Crippen molar-refractivity contribution < 1.29 is 18.3 Å². The first-order valence-corrected chi connectivity index (χ1v) is 7.97. The Kier molecular flexibility index (Phi) is 5.93. The maximum Gasteiger partial charge on any atom is 0.387 e. The van der Waals surface area contributed by atoms with E-state index in [0.717, 1.165) is 13.1 Å². The molecule has 6 heteroatoms. The summed E-state index contributed by atoms with van der Waals surface area (Å²) in [5.74, 6) is -0.498. The molecule has 1 aliphatic rings. The molecule has 1 aliphatic heterocycles. The fourth-order valence-electron chi connectivity index (χ4n) is 2.86. The molecule has 0 saturated carbocycles. The summed E-state index contributed by atoms with van der Waals surface area (Å²) >= 11 is 0. The predicted molar refractivity (Wildman–Crippen MR) is 84.9 cm³/mol. The number of ether oxygens (including phenoxy) is 1. The highest BCUT2D eigenvalue weighted by Gasteiger charge is 2.28. The van der Waals surface area contributed by atoms with Gasteiger partial charge in [-0.25, -0.2) is 0 Å². The fraction of sp³-hybridized carbons (Fsp3) is 0.588. The molecule has 1 heterocycles. The van der Waals surface area contributed by atoms with Crippen molar-refractivity contribution in [3.63, 3.8) is 0 Å². The number of halogens is 2. The number of nitrogens with one attached hydrogen (secondary N) is 1. The average molecular weight is 326 g/mol. The third-order valence-corrected chi connectivity index (χ3v) is 4.24. The summed E-state index contributed by atoms with van der Waals surface area (Å²) in [6.45, 7) is 3.71. The average Bonchev–Trinajstić information content (AvgIpc) is 2.53. The third kappa shape index (κ3) is 4.89. The number of piperidine rings is 1. The molecular formula is C17H24F2N2O2. The molecule has 1 amide bonds. The van der Waals surface area contributed by atoms with Crippen LogP contribution in [0.5, 0.6) is 5.75 Å². The summed E-state index contributed by atoms with van der Waals surface area (Å²) < 4.78 is 29.3. The highest BCUT2D eigenvalue weighted by Crippen LogP contribution is 2.22. The normalized spacial score (nSPS) is 16.4. The number of alkyl halides is 2. The molecule has 0 spiro atoms. The Bertz CT molecular complexity index is 529. The van der Waals surface area contributed by atoms with Crippen molar-refractivity contribution in [2.24, 2.45) is 0 Å². The number of para-hydroxylation sites is 1. The van der Waals surface area contributed by atoms with Crippen molar-refractivity contribution in [1.82, 2.24) is 10.2 Å². The smallest absolute Gasteiger partial charge is 0.387 e. The van der Waals surface area contributed by atoms with Gasteiger partial charge in [-0.3, -0.25) is 9.69 Å². The van der Waals surface area contributed by atoms with Gasteiger partial charge in [-0.2, -0.15) is 8.78 Å². The van der Waals surface area contributed by atoms with Gasteiger partial charge in [0.05, 0.1) is 5.56 Å². The van der Waals surface area contributed by atoms with Gasteiger partial charge in [-0.05, 0) is 51.9 Å². The predicted octanol–water partition coefficient (Wildman–Crippen LogP) is 3.28. The van der Waals surface area contributed by atoms with E-state index in [2.05, 4.69) is 28.8 Å². The van der Waals surface area contributed by atoms with Gasteiger partial charge in [0.25, 0.3) is 5.91 Å². The van der Waals surface area contributed by atoms with Crippen LogP contribution in [0.2, 0.25) is 0 Å². The monoisotopic (exact) mass is 326 g/mol. The number of benzene rings is 1. The van der Waals surface area contributed by atoms with E-state index in [4.69, 9.17) is 0 Å². The first kappa shape index (κ1) is 17.7. The molecule has 1 aromatic rings. The van der Waals surface area contributed by atoms with Crippen LogP contribution in [0.1, 0.15) is 43.5 Å². The largest absolute Gasteiger partial charge is 0.434 e. The molecule has 1 saturated heterocycles. The van der Waals surface area contributed by atoms with Crippen LogP contribution in [0.15, 0.2) is 24.3 Å². The molecule has 23 heavy (non-hydrogen) atoms. The van der Waals surface area contributed by atoms with Crippen LogP contribution in [-0.2, 0) is 0 Å². The zero-order chi connectivity index (χ0) is 16.9. The van der Waals surface area contributed by atoms with Crippen LogP contribution in [0, 0.1) is 0 Å². The van der Waals surface area contributed by atoms with Crippen molar-refractivity contribution in [2.45, 2.75) is 45.3 Å². The van der Waals surface area contributed by atoms with E-state index in [1.165, 1.54) is 31.4 Å². The molecule has 4 nitrogen and oxygen atoms in total. The molecule has 1 N–H and O–H groups in total. The molecule has 0 aromatic heterocycles. The molecule has 0 aliphatic carbocycles. The maximum atomic E-state index is 12.4. The molecular weight excluding hydrogens is 302 g/mol. The molecule has 0 unspecified atom stereocenters. The minimum atomic E-state index is -2.95. The molecule has 2 rings (SSSR count). The van der Waals surface area contributed by atoms with E-state index < -0.39 is 12.5 Å². The molecule has 1 fully saturated rings. The van der Waals surface area contributed by atoms with Crippen molar-refractivity contribution >= 4 is 5.91 Å². The number of carbonyl (C=O) groups is 1. The lowest BCUT2D eigenvalue weighted by Crippen LogP contribution is -2.53. The summed E-state index contributed by atoms with van der Waals surface area (Å²) in [7, 11) is 0. The van der Waals surface area contributed by atoms with Gasteiger partial charge >= 0.3 is 6.61 Å². The van der Waals surface area contributed by atoms with Gasteiger partial charge in [-0.1, -0.05) is 18.6 Å². The van der Waals surface area contributed by atoms with Gasteiger partial charge in [0, 0.05) is 12.1 Å². The standard InChI is InChI=1S/C17H24F2N2O2/c1-17(2,21-10-6-3-7-11-21)12-20-15(22)13-8-4-5-9-14(13)23-16(18)19/h4-5,8-9,16H,3,6-7,10-12H2,1-2H3,(H,20,22). The van der Waals surface area contributed by atoms with Crippen LogP contribution < -0.4 is 10.1 Å². The van der Waals surface area contributed by atoms with Crippen molar-refractivity contribution in [3.05, 3.63) is 29.8 Å². The lowest BCUT2D eigenvalue weighted by Gasteiger charge is -2.41. The van der Waals surface area contributed by atoms with Crippen molar-refractivity contribution in [2.75, 3.05) is 19.6 Å². The number of likely N-dealkylation sites (tertiary alicyclic amines) is 1. The number of amides is 1. The first-order valence-electron chi connectivity index (χ1n) is 7.97. The Morgan fingerprint density at radius 2 is 1.91 bits per heavy atom.